The predicted octanol–water partition coefficient (Wildman–Crippen LogP) is 2.12. The molecule has 0 aliphatic carbocycles. The second kappa shape index (κ2) is 8.27. The highest BCUT2D eigenvalue weighted by Crippen LogP contribution is 2.25. The van der Waals surface area contributed by atoms with E-state index < -0.39 is 7.04 Å². The monoisotopic (exact) mass is 432 g/mol. The van der Waals surface area contributed by atoms with E-state index in [2.05, 4.69) is 15.3 Å². The highest BCUT2D eigenvalue weighted by atomic mass is 35.5. The van der Waals surface area contributed by atoms with E-state index in [1.54, 1.807) is 29.2 Å². The molecule has 3 amide bonds. The first-order valence-electron chi connectivity index (χ1n) is 10.8. The van der Waals surface area contributed by atoms with E-state index >= 15 is 0 Å². The van der Waals surface area contributed by atoms with Gasteiger partial charge in [0.15, 0.2) is 0 Å². The van der Waals surface area contributed by atoms with E-state index in [0.717, 1.165) is 4.90 Å². The van der Waals surface area contributed by atoms with Crippen molar-refractivity contribution in [1.82, 2.24) is 14.9 Å². The van der Waals surface area contributed by atoms with Crippen molar-refractivity contribution in [2.24, 2.45) is 0 Å². The summed E-state index contributed by atoms with van der Waals surface area (Å²) in [7, 11) is -2.70. The lowest BCUT2D eigenvalue weighted by Crippen LogP contribution is -2.32. The first-order valence-corrected chi connectivity index (χ1v) is 9.72. The standard InChI is InChI=1S/C20H20ClN5O4/c1-30-18-15(21)10-22-20(24-18)23-13-8-9-25(11-13)19(29)12-2-4-14(5-3-12)26-16(27)6-7-17(26)28/h2-5,10,13H,6-9,11H2,1H3,(H,22,23,24)/t13-/m0/s1/i1D3. The van der Waals surface area contributed by atoms with Crippen LogP contribution in [0.15, 0.2) is 30.5 Å². The van der Waals surface area contributed by atoms with Crippen molar-refractivity contribution in [2.45, 2.75) is 25.3 Å². The zero-order chi connectivity index (χ0) is 23.8. The molecule has 30 heavy (non-hydrogen) atoms. The molecule has 0 spiro atoms. The van der Waals surface area contributed by atoms with Gasteiger partial charge < -0.3 is 15.0 Å². The normalized spacial score (nSPS) is 20.7. The van der Waals surface area contributed by atoms with Crippen LogP contribution in [-0.4, -0.2) is 58.8 Å². The summed E-state index contributed by atoms with van der Waals surface area (Å²) in [6.45, 7) is 0.874. The van der Waals surface area contributed by atoms with Crippen molar-refractivity contribution in [1.29, 1.82) is 0 Å². The molecule has 3 heterocycles. The van der Waals surface area contributed by atoms with Crippen LogP contribution in [0.3, 0.4) is 0 Å². The number of aromatic nitrogens is 2. The van der Waals surface area contributed by atoms with E-state index in [4.69, 9.17) is 20.5 Å². The van der Waals surface area contributed by atoms with Gasteiger partial charge in [-0.15, -0.1) is 0 Å². The molecule has 1 atom stereocenters. The molecule has 2 aliphatic rings. The Balaban J connectivity index is 1.38. The molecule has 10 heteroatoms. The number of ether oxygens (including phenoxy) is 1. The number of amides is 3. The number of hydrogen-bond donors (Lipinski definition) is 1. The van der Waals surface area contributed by atoms with Crippen LogP contribution in [-0.2, 0) is 9.59 Å². The summed E-state index contributed by atoms with van der Waals surface area (Å²) in [4.78, 5) is 47.5. The Morgan fingerprint density at radius 1 is 1.27 bits per heavy atom. The number of methoxy groups -OCH3 is 1. The number of halogens is 1. The first kappa shape index (κ1) is 16.6. The lowest BCUT2D eigenvalue weighted by atomic mass is 10.1. The zero-order valence-electron chi connectivity index (χ0n) is 18.8. The molecule has 0 unspecified atom stereocenters. The Bertz CT molecular complexity index is 1080. The Morgan fingerprint density at radius 2 is 2.00 bits per heavy atom. The van der Waals surface area contributed by atoms with Crippen LogP contribution in [0.2, 0.25) is 5.02 Å². The summed E-state index contributed by atoms with van der Waals surface area (Å²) in [5.74, 6) is -0.792. The Kier molecular flexibility index (Phi) is 4.57. The molecule has 2 fully saturated rings. The summed E-state index contributed by atoms with van der Waals surface area (Å²) in [6, 6.07) is 6.22. The minimum atomic E-state index is -2.70. The third kappa shape index (κ3) is 3.93. The molecule has 2 aliphatic heterocycles. The first-order chi connectivity index (χ1) is 15.6. The summed E-state index contributed by atoms with van der Waals surface area (Å²) >= 11 is 5.90. The van der Waals surface area contributed by atoms with Gasteiger partial charge in [-0.25, -0.2) is 4.98 Å². The zero-order valence-corrected chi connectivity index (χ0v) is 16.6. The number of benzene rings is 1. The van der Waals surface area contributed by atoms with Gasteiger partial charge in [0.1, 0.15) is 5.02 Å². The second-order valence-corrected chi connectivity index (χ2v) is 7.41. The van der Waals surface area contributed by atoms with Crippen LogP contribution in [0.4, 0.5) is 11.6 Å². The van der Waals surface area contributed by atoms with Crippen molar-refractivity contribution < 1.29 is 23.2 Å². The van der Waals surface area contributed by atoms with Crippen molar-refractivity contribution in [3.8, 4) is 5.88 Å². The Labute approximate surface area is 182 Å². The summed E-state index contributed by atoms with van der Waals surface area (Å²) in [5.41, 5.74) is 0.893. The van der Waals surface area contributed by atoms with Crippen LogP contribution in [0.5, 0.6) is 5.88 Å². The third-order valence-corrected chi connectivity index (χ3v) is 5.30. The molecule has 1 aromatic carbocycles. The minimum absolute atomic E-state index is 0.0271. The fourth-order valence-corrected chi connectivity index (χ4v) is 3.67. The molecule has 0 bridgehead atoms. The lowest BCUT2D eigenvalue weighted by Gasteiger charge is -2.18. The number of hydrogen-bond acceptors (Lipinski definition) is 7. The highest BCUT2D eigenvalue weighted by molar-refractivity contribution is 6.31. The SMILES string of the molecule is [2H]C([2H])([2H])Oc1nc(N[C@H]2CCN(C(=O)c3ccc(N4C(=O)CCC4=O)cc3)C2)ncc1Cl. The molecular weight excluding hydrogens is 410 g/mol. The van der Waals surface area contributed by atoms with Crippen LogP contribution >= 0.6 is 11.6 Å². The number of likely N-dealkylation sites (tertiary alicyclic amines) is 1. The van der Waals surface area contributed by atoms with Crippen LogP contribution < -0.4 is 15.0 Å². The smallest absolute Gasteiger partial charge is 0.253 e. The molecule has 0 saturated carbocycles. The Hall–Kier alpha value is -3.20. The molecule has 156 valence electrons. The summed E-state index contributed by atoms with van der Waals surface area (Å²) < 4.78 is 26.3. The number of imide groups is 1. The second-order valence-electron chi connectivity index (χ2n) is 7.00. The van der Waals surface area contributed by atoms with E-state index in [0.29, 0.717) is 30.8 Å². The van der Waals surface area contributed by atoms with E-state index in [9.17, 15) is 14.4 Å². The number of anilines is 2. The van der Waals surface area contributed by atoms with Gasteiger partial charge in [-0.1, -0.05) is 11.6 Å². The molecular formula is C20H20ClN5O4. The maximum absolute atomic E-state index is 12.9. The number of carbonyl (C=O) groups is 3. The molecule has 2 aromatic rings. The number of nitrogens with one attached hydrogen (secondary N) is 1. The third-order valence-electron chi connectivity index (χ3n) is 5.04. The van der Waals surface area contributed by atoms with Gasteiger partial charge in [0.2, 0.25) is 23.6 Å². The molecule has 2 saturated heterocycles. The maximum atomic E-state index is 12.9. The van der Waals surface area contributed by atoms with Crippen molar-refractivity contribution >= 4 is 41.0 Å². The average molecular weight is 433 g/mol. The number of rotatable bonds is 5. The van der Waals surface area contributed by atoms with Gasteiger partial charge in [-0.05, 0) is 30.7 Å². The van der Waals surface area contributed by atoms with Gasteiger partial charge in [0, 0.05) is 37.5 Å². The molecule has 1 aromatic heterocycles. The van der Waals surface area contributed by atoms with Gasteiger partial charge in [0.05, 0.1) is 23.0 Å². The van der Waals surface area contributed by atoms with Crippen LogP contribution in [0.1, 0.15) is 33.7 Å². The number of nitrogens with zero attached hydrogens (tertiary/aromatic N) is 4. The molecule has 1 N–H and O–H groups in total. The van der Waals surface area contributed by atoms with E-state index in [1.807, 2.05) is 0 Å². The van der Waals surface area contributed by atoms with Gasteiger partial charge >= 0.3 is 0 Å². The van der Waals surface area contributed by atoms with Gasteiger partial charge in [-0.2, -0.15) is 4.98 Å². The van der Waals surface area contributed by atoms with E-state index in [1.165, 1.54) is 6.20 Å². The fourth-order valence-electron chi connectivity index (χ4n) is 3.54. The van der Waals surface area contributed by atoms with Gasteiger partial charge in [0.25, 0.3) is 5.91 Å². The topological polar surface area (TPSA) is 105 Å². The minimum Gasteiger partial charge on any atom is -0.480 e. The van der Waals surface area contributed by atoms with Gasteiger partial charge in [-0.3, -0.25) is 19.3 Å². The largest absolute Gasteiger partial charge is 0.480 e. The lowest BCUT2D eigenvalue weighted by molar-refractivity contribution is -0.121. The van der Waals surface area contributed by atoms with Crippen molar-refractivity contribution in [2.75, 3.05) is 30.3 Å². The highest BCUT2D eigenvalue weighted by Gasteiger charge is 2.31. The Morgan fingerprint density at radius 3 is 2.70 bits per heavy atom. The van der Waals surface area contributed by atoms with Crippen molar-refractivity contribution in [3.05, 3.63) is 41.0 Å². The van der Waals surface area contributed by atoms with E-state index in [-0.39, 0.29) is 53.5 Å². The maximum Gasteiger partial charge on any atom is 0.253 e. The fraction of sp³-hybridized carbons (Fsp3) is 0.350. The average Bonchev–Trinajstić information content (AvgIpc) is 3.35. The molecule has 0 radical (unpaired) electrons. The summed E-state index contributed by atoms with van der Waals surface area (Å²) in [5, 5.41) is 3.04. The molecule has 4 rings (SSSR count). The van der Waals surface area contributed by atoms with Crippen molar-refractivity contribution in [3.63, 3.8) is 0 Å². The van der Waals surface area contributed by atoms with Crippen LogP contribution in [0, 0.1) is 0 Å². The quantitative estimate of drug-likeness (QED) is 0.721. The summed E-state index contributed by atoms with van der Waals surface area (Å²) in [6.07, 6.45) is 2.26. The van der Waals surface area contributed by atoms with Crippen LogP contribution in [0.25, 0.3) is 0 Å². The molecule has 9 nitrogen and oxygen atoms in total. The predicted molar refractivity (Wildman–Crippen MR) is 110 cm³/mol. The number of carbonyl (C=O) groups excluding carboxylic acids is 3.